The summed E-state index contributed by atoms with van der Waals surface area (Å²) < 4.78 is 10.4. The van der Waals surface area contributed by atoms with Crippen LogP contribution in [0.2, 0.25) is 0 Å². The minimum atomic E-state index is -1.13. The van der Waals surface area contributed by atoms with Crippen LogP contribution in [-0.4, -0.2) is 35.9 Å². The normalized spacial score (nSPS) is 12.4. The molecule has 122 valence electrons. The number of carbonyl (C=O) groups is 2. The van der Waals surface area contributed by atoms with E-state index in [1.54, 1.807) is 26.8 Å². The number of aliphatic carboxylic acids is 1. The fourth-order valence-corrected chi connectivity index (χ4v) is 1.98. The van der Waals surface area contributed by atoms with Crippen molar-refractivity contribution in [2.45, 2.75) is 45.8 Å². The Morgan fingerprint density at radius 3 is 2.45 bits per heavy atom. The average Bonchev–Trinajstić information content (AvgIpc) is 2.37. The molecule has 6 heteroatoms. The summed E-state index contributed by atoms with van der Waals surface area (Å²) in [7, 11) is 1.52. The predicted molar refractivity (Wildman–Crippen MR) is 82.2 cm³/mol. The van der Waals surface area contributed by atoms with Crippen molar-refractivity contribution in [1.82, 2.24) is 5.32 Å². The highest BCUT2D eigenvalue weighted by atomic mass is 16.6. The molecule has 0 aliphatic rings. The highest BCUT2D eigenvalue weighted by Gasteiger charge is 2.25. The topological polar surface area (TPSA) is 84.9 Å². The van der Waals surface area contributed by atoms with Gasteiger partial charge in [0.15, 0.2) is 0 Å². The van der Waals surface area contributed by atoms with Crippen molar-refractivity contribution >= 4 is 12.1 Å². The summed E-state index contributed by atoms with van der Waals surface area (Å²) in [6.07, 6.45) is -0.641. The molecule has 0 radical (unpaired) electrons. The second-order valence-corrected chi connectivity index (χ2v) is 6.00. The molecule has 6 nitrogen and oxygen atoms in total. The number of rotatable bonds is 5. The van der Waals surface area contributed by atoms with Gasteiger partial charge in [-0.2, -0.15) is 0 Å². The Hall–Kier alpha value is -2.24. The van der Waals surface area contributed by atoms with Gasteiger partial charge in [-0.25, -0.2) is 9.59 Å². The van der Waals surface area contributed by atoms with Gasteiger partial charge in [-0.1, -0.05) is 12.1 Å². The van der Waals surface area contributed by atoms with E-state index in [2.05, 4.69) is 5.32 Å². The molecule has 0 fully saturated rings. The molecule has 0 heterocycles. The van der Waals surface area contributed by atoms with Crippen LogP contribution in [-0.2, 0) is 16.0 Å². The summed E-state index contributed by atoms with van der Waals surface area (Å²) in [5, 5.41) is 11.7. The monoisotopic (exact) mass is 309 g/mol. The van der Waals surface area contributed by atoms with Crippen LogP contribution in [0.25, 0.3) is 0 Å². The van der Waals surface area contributed by atoms with Gasteiger partial charge in [-0.15, -0.1) is 0 Å². The summed E-state index contributed by atoms with van der Waals surface area (Å²) in [5.74, 6) is -0.534. The van der Waals surface area contributed by atoms with Gasteiger partial charge in [0.25, 0.3) is 0 Å². The Morgan fingerprint density at radius 2 is 1.95 bits per heavy atom. The van der Waals surface area contributed by atoms with Crippen molar-refractivity contribution in [3.63, 3.8) is 0 Å². The highest BCUT2D eigenvalue weighted by molar-refractivity contribution is 5.80. The number of carboxylic acid groups (broad SMARTS) is 1. The van der Waals surface area contributed by atoms with E-state index >= 15 is 0 Å². The smallest absolute Gasteiger partial charge is 0.408 e. The molecule has 0 bridgehead atoms. The molecule has 0 saturated carbocycles. The fraction of sp³-hybridized carbons (Fsp3) is 0.500. The molecule has 2 N–H and O–H groups in total. The summed E-state index contributed by atoms with van der Waals surface area (Å²) in [5.41, 5.74) is 0.957. The number of amides is 1. The van der Waals surface area contributed by atoms with Gasteiger partial charge >= 0.3 is 12.1 Å². The van der Waals surface area contributed by atoms with Gasteiger partial charge < -0.3 is 19.9 Å². The maximum atomic E-state index is 11.8. The molecule has 0 aliphatic heterocycles. The van der Waals surface area contributed by atoms with E-state index in [-0.39, 0.29) is 6.42 Å². The van der Waals surface area contributed by atoms with Crippen LogP contribution in [0.1, 0.15) is 31.9 Å². The standard InChI is InChI=1S/C16H23NO5/c1-10-7-6-8-13(21-5)11(10)9-12(14(18)19)17-15(20)22-16(2,3)4/h6-8,12H,9H2,1-5H3,(H,17,20)(H,18,19). The van der Waals surface area contributed by atoms with Gasteiger partial charge in [0.05, 0.1) is 7.11 Å². The van der Waals surface area contributed by atoms with Crippen molar-refractivity contribution in [1.29, 1.82) is 0 Å². The molecule has 1 aromatic rings. The van der Waals surface area contributed by atoms with Crippen LogP contribution in [0.5, 0.6) is 5.75 Å². The van der Waals surface area contributed by atoms with E-state index in [4.69, 9.17) is 9.47 Å². The molecular weight excluding hydrogens is 286 g/mol. The minimum Gasteiger partial charge on any atom is -0.496 e. The van der Waals surface area contributed by atoms with Crippen LogP contribution >= 0.6 is 0 Å². The van der Waals surface area contributed by atoms with Crippen LogP contribution in [0, 0.1) is 6.92 Å². The predicted octanol–water partition coefficient (Wildman–Crippen LogP) is 2.52. The first kappa shape index (κ1) is 17.8. The Kier molecular flexibility index (Phi) is 5.79. The zero-order valence-electron chi connectivity index (χ0n) is 13.6. The molecule has 0 saturated heterocycles. The van der Waals surface area contributed by atoms with E-state index in [9.17, 15) is 14.7 Å². The van der Waals surface area contributed by atoms with Crippen LogP contribution in [0.3, 0.4) is 0 Å². The van der Waals surface area contributed by atoms with Crippen LogP contribution in [0.15, 0.2) is 18.2 Å². The molecule has 22 heavy (non-hydrogen) atoms. The zero-order valence-corrected chi connectivity index (χ0v) is 13.6. The maximum Gasteiger partial charge on any atom is 0.408 e. The quantitative estimate of drug-likeness (QED) is 0.873. The van der Waals surface area contributed by atoms with E-state index in [1.807, 2.05) is 19.1 Å². The van der Waals surface area contributed by atoms with Crippen molar-refractivity contribution in [2.75, 3.05) is 7.11 Å². The lowest BCUT2D eigenvalue weighted by Gasteiger charge is -2.22. The molecule has 1 unspecified atom stereocenters. The zero-order chi connectivity index (χ0) is 16.9. The average molecular weight is 309 g/mol. The van der Waals surface area contributed by atoms with E-state index in [0.717, 1.165) is 11.1 Å². The number of nitrogens with one attached hydrogen (secondary N) is 1. The van der Waals surface area contributed by atoms with Gasteiger partial charge in [0.2, 0.25) is 0 Å². The third-order valence-corrected chi connectivity index (χ3v) is 2.98. The van der Waals surface area contributed by atoms with E-state index < -0.39 is 23.7 Å². The molecule has 0 aromatic heterocycles. The Bertz CT molecular complexity index is 548. The number of carboxylic acids is 1. The van der Waals surface area contributed by atoms with E-state index in [1.165, 1.54) is 7.11 Å². The molecule has 0 spiro atoms. The first-order chi connectivity index (χ1) is 10.1. The molecular formula is C16H23NO5. The van der Waals surface area contributed by atoms with Crippen molar-refractivity contribution < 1.29 is 24.2 Å². The van der Waals surface area contributed by atoms with Crippen LogP contribution < -0.4 is 10.1 Å². The number of hydrogen-bond donors (Lipinski definition) is 2. The summed E-state index contributed by atoms with van der Waals surface area (Å²) in [4.78, 5) is 23.2. The Morgan fingerprint density at radius 1 is 1.32 bits per heavy atom. The molecule has 1 aromatic carbocycles. The second-order valence-electron chi connectivity index (χ2n) is 6.00. The van der Waals surface area contributed by atoms with Gasteiger partial charge in [-0.3, -0.25) is 0 Å². The third-order valence-electron chi connectivity index (χ3n) is 2.98. The van der Waals surface area contributed by atoms with Crippen molar-refractivity contribution in [3.05, 3.63) is 29.3 Å². The number of methoxy groups -OCH3 is 1. The largest absolute Gasteiger partial charge is 0.496 e. The lowest BCUT2D eigenvalue weighted by molar-refractivity contribution is -0.139. The Balaban J connectivity index is 2.90. The van der Waals surface area contributed by atoms with Gasteiger partial charge in [0, 0.05) is 6.42 Å². The van der Waals surface area contributed by atoms with Crippen LogP contribution in [0.4, 0.5) is 4.79 Å². The number of carbonyl (C=O) groups excluding carboxylic acids is 1. The summed E-state index contributed by atoms with van der Waals surface area (Å²) in [6, 6.07) is 4.36. The Labute approximate surface area is 130 Å². The van der Waals surface area contributed by atoms with Crippen molar-refractivity contribution in [2.24, 2.45) is 0 Å². The number of benzene rings is 1. The van der Waals surface area contributed by atoms with Gasteiger partial charge in [-0.05, 0) is 44.9 Å². The molecule has 1 amide bonds. The SMILES string of the molecule is COc1cccc(C)c1CC(NC(=O)OC(C)(C)C)C(=O)O. The highest BCUT2D eigenvalue weighted by Crippen LogP contribution is 2.23. The number of alkyl carbamates (subject to hydrolysis) is 1. The molecule has 1 atom stereocenters. The van der Waals surface area contributed by atoms with Gasteiger partial charge in [0.1, 0.15) is 17.4 Å². The molecule has 0 aliphatic carbocycles. The second kappa shape index (κ2) is 7.15. The van der Waals surface area contributed by atoms with Crippen molar-refractivity contribution in [3.8, 4) is 5.75 Å². The third kappa shape index (κ3) is 5.27. The lowest BCUT2D eigenvalue weighted by Crippen LogP contribution is -2.44. The first-order valence-electron chi connectivity index (χ1n) is 6.99. The minimum absolute atomic E-state index is 0.115. The fourth-order valence-electron chi connectivity index (χ4n) is 1.98. The van der Waals surface area contributed by atoms with E-state index in [0.29, 0.717) is 5.75 Å². The number of aryl methyl sites for hydroxylation is 1. The summed E-state index contributed by atoms with van der Waals surface area (Å²) >= 11 is 0. The maximum absolute atomic E-state index is 11.8. The molecule has 1 rings (SSSR count). The first-order valence-corrected chi connectivity index (χ1v) is 6.99. The lowest BCUT2D eigenvalue weighted by atomic mass is 10.00. The number of ether oxygens (including phenoxy) is 2. The number of hydrogen-bond acceptors (Lipinski definition) is 4. The summed E-state index contributed by atoms with van der Waals surface area (Å²) in [6.45, 7) is 7.01.